The molecule has 0 fully saturated rings. The number of nitrogens with zero attached hydrogens (tertiary/aromatic N) is 1. The SMILES string of the molecule is O=C(O)c1sccc1Cn1ccsc1=O. The second-order valence-corrected chi connectivity index (χ2v) is 4.65. The summed E-state index contributed by atoms with van der Waals surface area (Å²) in [6, 6.07) is 1.73. The van der Waals surface area contributed by atoms with Crippen molar-refractivity contribution >= 4 is 28.6 Å². The van der Waals surface area contributed by atoms with Crippen molar-refractivity contribution in [3.63, 3.8) is 0 Å². The van der Waals surface area contributed by atoms with E-state index in [0.29, 0.717) is 17.0 Å². The topological polar surface area (TPSA) is 59.3 Å². The Morgan fingerprint density at radius 2 is 2.20 bits per heavy atom. The first kappa shape index (κ1) is 10.1. The van der Waals surface area contributed by atoms with Crippen LogP contribution in [-0.2, 0) is 6.54 Å². The minimum atomic E-state index is -0.941. The molecule has 0 saturated carbocycles. The monoisotopic (exact) mass is 241 g/mol. The number of rotatable bonds is 3. The van der Waals surface area contributed by atoms with Crippen molar-refractivity contribution in [2.24, 2.45) is 0 Å². The molecule has 0 bridgehead atoms. The van der Waals surface area contributed by atoms with E-state index < -0.39 is 5.97 Å². The summed E-state index contributed by atoms with van der Waals surface area (Å²) < 4.78 is 1.50. The van der Waals surface area contributed by atoms with Crippen molar-refractivity contribution in [3.8, 4) is 0 Å². The van der Waals surface area contributed by atoms with Crippen LogP contribution in [0, 0.1) is 0 Å². The lowest BCUT2D eigenvalue weighted by molar-refractivity contribution is 0.0701. The van der Waals surface area contributed by atoms with Gasteiger partial charge in [0.15, 0.2) is 0 Å². The van der Waals surface area contributed by atoms with Crippen LogP contribution in [-0.4, -0.2) is 15.6 Å². The second kappa shape index (κ2) is 4.00. The number of aromatic carboxylic acids is 1. The molecule has 6 heteroatoms. The maximum absolute atomic E-state index is 11.3. The lowest BCUT2D eigenvalue weighted by Crippen LogP contribution is -2.13. The normalized spacial score (nSPS) is 10.4. The average Bonchev–Trinajstić information content (AvgIpc) is 2.77. The van der Waals surface area contributed by atoms with E-state index >= 15 is 0 Å². The van der Waals surface area contributed by atoms with Crippen LogP contribution in [0.1, 0.15) is 15.2 Å². The van der Waals surface area contributed by atoms with Gasteiger partial charge in [0.05, 0.1) is 6.54 Å². The zero-order valence-corrected chi connectivity index (χ0v) is 9.18. The first-order chi connectivity index (χ1) is 7.18. The Morgan fingerprint density at radius 3 is 2.80 bits per heavy atom. The third kappa shape index (κ3) is 2.00. The highest BCUT2D eigenvalue weighted by Crippen LogP contribution is 2.17. The van der Waals surface area contributed by atoms with E-state index in [-0.39, 0.29) is 4.87 Å². The maximum atomic E-state index is 11.3. The quantitative estimate of drug-likeness (QED) is 0.890. The number of carboxylic acids is 1. The zero-order chi connectivity index (χ0) is 10.8. The number of hydrogen-bond donors (Lipinski definition) is 1. The van der Waals surface area contributed by atoms with E-state index in [1.807, 2.05) is 0 Å². The summed E-state index contributed by atoms with van der Waals surface area (Å²) in [5.41, 5.74) is 0.674. The molecule has 2 aromatic heterocycles. The lowest BCUT2D eigenvalue weighted by Gasteiger charge is -2.00. The van der Waals surface area contributed by atoms with Gasteiger partial charge in [-0.3, -0.25) is 4.79 Å². The predicted octanol–water partition coefficient (Wildman–Crippen LogP) is 1.72. The number of carboxylic acid groups (broad SMARTS) is 1. The molecule has 1 N–H and O–H groups in total. The Balaban J connectivity index is 2.32. The summed E-state index contributed by atoms with van der Waals surface area (Å²) >= 11 is 2.28. The van der Waals surface area contributed by atoms with Gasteiger partial charge in [0.1, 0.15) is 4.88 Å². The zero-order valence-electron chi connectivity index (χ0n) is 7.54. The number of thiazole rings is 1. The highest BCUT2D eigenvalue weighted by atomic mass is 32.1. The van der Waals surface area contributed by atoms with Crippen LogP contribution in [0.5, 0.6) is 0 Å². The molecule has 0 radical (unpaired) electrons. The summed E-state index contributed by atoms with van der Waals surface area (Å²) in [6.07, 6.45) is 1.66. The molecule has 0 aliphatic rings. The molecule has 0 atom stereocenters. The minimum Gasteiger partial charge on any atom is -0.477 e. The molecule has 15 heavy (non-hydrogen) atoms. The highest BCUT2D eigenvalue weighted by molar-refractivity contribution is 7.12. The van der Waals surface area contributed by atoms with E-state index in [9.17, 15) is 9.59 Å². The number of aromatic nitrogens is 1. The van der Waals surface area contributed by atoms with Gasteiger partial charge in [-0.15, -0.1) is 11.3 Å². The maximum Gasteiger partial charge on any atom is 0.346 e. The first-order valence-electron chi connectivity index (χ1n) is 4.12. The van der Waals surface area contributed by atoms with Gasteiger partial charge in [0, 0.05) is 11.6 Å². The van der Waals surface area contributed by atoms with E-state index in [4.69, 9.17) is 5.11 Å². The smallest absolute Gasteiger partial charge is 0.346 e. The average molecular weight is 241 g/mol. The van der Waals surface area contributed by atoms with Gasteiger partial charge in [0.25, 0.3) is 0 Å². The third-order valence-corrected chi connectivity index (χ3v) is 3.56. The Hall–Kier alpha value is -1.40. The molecular weight excluding hydrogens is 234 g/mol. The van der Waals surface area contributed by atoms with Crippen molar-refractivity contribution < 1.29 is 9.90 Å². The van der Waals surface area contributed by atoms with Gasteiger partial charge in [-0.05, 0) is 17.0 Å². The molecule has 0 unspecified atom stereocenters. The Labute approximate surface area is 93.0 Å². The van der Waals surface area contributed by atoms with E-state index in [0.717, 1.165) is 11.3 Å². The highest BCUT2D eigenvalue weighted by Gasteiger charge is 2.12. The van der Waals surface area contributed by atoms with Crippen LogP contribution in [0.4, 0.5) is 0 Å². The van der Waals surface area contributed by atoms with Gasteiger partial charge < -0.3 is 9.67 Å². The molecule has 2 aromatic rings. The molecule has 0 aromatic carbocycles. The fourth-order valence-electron chi connectivity index (χ4n) is 1.24. The van der Waals surface area contributed by atoms with Crippen LogP contribution in [0.3, 0.4) is 0 Å². The summed E-state index contributed by atoms with van der Waals surface area (Å²) in [5.74, 6) is -0.941. The number of carbonyl (C=O) groups is 1. The second-order valence-electron chi connectivity index (χ2n) is 2.88. The predicted molar refractivity (Wildman–Crippen MR) is 59.0 cm³/mol. The van der Waals surface area contributed by atoms with E-state index in [2.05, 4.69) is 0 Å². The Morgan fingerprint density at radius 1 is 1.40 bits per heavy atom. The van der Waals surface area contributed by atoms with Crippen LogP contribution in [0.15, 0.2) is 27.8 Å². The molecule has 0 aliphatic heterocycles. The van der Waals surface area contributed by atoms with Gasteiger partial charge in [0.2, 0.25) is 0 Å². The van der Waals surface area contributed by atoms with E-state index in [1.54, 1.807) is 23.0 Å². The molecule has 0 aliphatic carbocycles. The van der Waals surface area contributed by atoms with Crippen molar-refractivity contribution in [3.05, 3.63) is 43.1 Å². The fraction of sp³-hybridized carbons (Fsp3) is 0.111. The molecule has 2 rings (SSSR count). The summed E-state index contributed by atoms with van der Waals surface area (Å²) in [4.78, 5) is 22.3. The molecule has 0 saturated heterocycles. The minimum absolute atomic E-state index is 0.0717. The molecule has 0 spiro atoms. The van der Waals surface area contributed by atoms with Crippen LogP contribution in [0.2, 0.25) is 0 Å². The van der Waals surface area contributed by atoms with Crippen LogP contribution < -0.4 is 4.87 Å². The Bertz CT molecular complexity index is 537. The van der Waals surface area contributed by atoms with Gasteiger partial charge in [-0.25, -0.2) is 4.79 Å². The summed E-state index contributed by atoms with van der Waals surface area (Å²) in [6.45, 7) is 0.327. The summed E-state index contributed by atoms with van der Waals surface area (Å²) in [5, 5.41) is 12.3. The van der Waals surface area contributed by atoms with Crippen molar-refractivity contribution in [2.45, 2.75) is 6.54 Å². The van der Waals surface area contributed by atoms with Gasteiger partial charge in [-0.1, -0.05) is 11.3 Å². The lowest BCUT2D eigenvalue weighted by atomic mass is 10.2. The van der Waals surface area contributed by atoms with E-state index in [1.165, 1.54) is 15.9 Å². The third-order valence-electron chi connectivity index (χ3n) is 1.93. The van der Waals surface area contributed by atoms with Crippen molar-refractivity contribution in [2.75, 3.05) is 0 Å². The molecule has 4 nitrogen and oxygen atoms in total. The standard InChI is InChI=1S/C9H7NO3S2/c11-8(12)7-6(1-3-14-7)5-10-2-4-15-9(10)13/h1-4H,5H2,(H,11,12). The Kier molecular flexibility index (Phi) is 2.70. The van der Waals surface area contributed by atoms with Crippen molar-refractivity contribution in [1.82, 2.24) is 4.57 Å². The molecule has 78 valence electrons. The largest absolute Gasteiger partial charge is 0.477 e. The molecule has 0 amide bonds. The van der Waals surface area contributed by atoms with Gasteiger partial charge >= 0.3 is 10.8 Å². The van der Waals surface area contributed by atoms with Crippen LogP contribution in [0.25, 0.3) is 0 Å². The fourth-order valence-corrected chi connectivity index (χ4v) is 2.58. The summed E-state index contributed by atoms with van der Waals surface area (Å²) in [7, 11) is 0. The number of hydrogen-bond acceptors (Lipinski definition) is 4. The van der Waals surface area contributed by atoms with Crippen LogP contribution >= 0.6 is 22.7 Å². The first-order valence-corrected chi connectivity index (χ1v) is 5.88. The van der Waals surface area contributed by atoms with Crippen molar-refractivity contribution in [1.29, 1.82) is 0 Å². The molecule has 2 heterocycles. The number of thiophene rings is 1. The molecular formula is C9H7NO3S2. The van der Waals surface area contributed by atoms with Gasteiger partial charge in [-0.2, -0.15) is 0 Å².